The number of nitrogens with zero attached hydrogens (tertiary/aromatic N) is 4. The van der Waals surface area contributed by atoms with Crippen molar-refractivity contribution < 1.29 is 9.53 Å². The largest absolute Gasteiger partial charge is 0.487 e. The lowest BCUT2D eigenvalue weighted by atomic mass is 9.42. The van der Waals surface area contributed by atoms with Crippen molar-refractivity contribution in [2.75, 3.05) is 19.6 Å². The molecular weight excluding hydrogens is 424 g/mol. The molecule has 6 nitrogen and oxygen atoms in total. The molecule has 1 amide bonds. The molecule has 5 atom stereocenters. The number of ether oxygens (including phenoxy) is 1. The van der Waals surface area contributed by atoms with E-state index >= 15 is 0 Å². The SMILES string of the molecule is O=C(Cc1ncccn1)N1CC[C@@]23CC[C@@H]1[C@@H]1Oc4cccc5c4[C@@]12CCN(CC1CC1)[C@@H]3C5. The topological polar surface area (TPSA) is 58.6 Å². The van der Waals surface area contributed by atoms with Crippen LogP contribution in [0.4, 0.5) is 0 Å². The Kier molecular flexibility index (Phi) is 3.96. The molecule has 5 fully saturated rings. The molecule has 0 radical (unpaired) electrons. The molecule has 2 aromatic rings. The first-order chi connectivity index (χ1) is 16.7. The van der Waals surface area contributed by atoms with Gasteiger partial charge in [-0.3, -0.25) is 9.69 Å². The first-order valence-electron chi connectivity index (χ1n) is 13.3. The second-order valence-corrected chi connectivity index (χ2v) is 11.6. The van der Waals surface area contributed by atoms with Gasteiger partial charge in [0.15, 0.2) is 0 Å². The second kappa shape index (κ2) is 6.81. The highest BCUT2D eigenvalue weighted by Crippen LogP contribution is 2.70. The van der Waals surface area contributed by atoms with E-state index in [4.69, 9.17) is 4.74 Å². The van der Waals surface area contributed by atoms with E-state index in [0.29, 0.717) is 11.9 Å². The van der Waals surface area contributed by atoms with Gasteiger partial charge in [-0.15, -0.1) is 0 Å². The fourth-order valence-electron chi connectivity index (χ4n) is 8.93. The van der Waals surface area contributed by atoms with Crippen molar-refractivity contribution in [3.63, 3.8) is 0 Å². The van der Waals surface area contributed by atoms with Crippen LogP contribution in [0.5, 0.6) is 5.75 Å². The van der Waals surface area contributed by atoms with Crippen molar-refractivity contribution in [3.8, 4) is 5.75 Å². The number of hydrogen-bond donors (Lipinski definition) is 0. The van der Waals surface area contributed by atoms with Gasteiger partial charge in [0.25, 0.3) is 0 Å². The number of aromatic nitrogens is 2. The van der Waals surface area contributed by atoms with Crippen molar-refractivity contribution in [1.29, 1.82) is 0 Å². The maximum absolute atomic E-state index is 13.7. The monoisotopic (exact) mass is 456 g/mol. The summed E-state index contributed by atoms with van der Waals surface area (Å²) in [6, 6.07) is 9.26. The van der Waals surface area contributed by atoms with E-state index in [1.807, 2.05) is 0 Å². The van der Waals surface area contributed by atoms with Gasteiger partial charge in [0, 0.05) is 47.9 Å². The summed E-state index contributed by atoms with van der Waals surface area (Å²) < 4.78 is 6.90. The van der Waals surface area contributed by atoms with Gasteiger partial charge >= 0.3 is 0 Å². The lowest BCUT2D eigenvalue weighted by molar-refractivity contribution is -0.143. The summed E-state index contributed by atoms with van der Waals surface area (Å²) in [5.74, 6) is 2.79. The Balaban J connectivity index is 1.23. The average molecular weight is 457 g/mol. The molecule has 7 aliphatic rings. The van der Waals surface area contributed by atoms with Crippen LogP contribution < -0.4 is 4.74 Å². The van der Waals surface area contributed by atoms with Gasteiger partial charge in [-0.1, -0.05) is 12.1 Å². The zero-order valence-electron chi connectivity index (χ0n) is 19.7. The van der Waals surface area contributed by atoms with Crippen molar-refractivity contribution in [3.05, 3.63) is 53.6 Å². The van der Waals surface area contributed by atoms with Crippen molar-refractivity contribution in [1.82, 2.24) is 19.8 Å². The third-order valence-corrected chi connectivity index (χ3v) is 10.3. The highest BCUT2D eigenvalue weighted by Gasteiger charge is 2.74. The number of benzene rings is 1. The molecule has 5 heterocycles. The molecule has 3 saturated heterocycles. The molecule has 1 aromatic carbocycles. The lowest BCUT2D eigenvalue weighted by Crippen LogP contribution is -2.72. The summed E-state index contributed by atoms with van der Waals surface area (Å²) in [6.45, 7) is 3.28. The van der Waals surface area contributed by atoms with E-state index in [0.717, 1.165) is 37.5 Å². The normalized spacial score (nSPS) is 37.2. The van der Waals surface area contributed by atoms with E-state index in [2.05, 4.69) is 38.0 Å². The van der Waals surface area contributed by atoms with Gasteiger partial charge in [-0.05, 0) is 75.1 Å². The van der Waals surface area contributed by atoms with Crippen LogP contribution in [0, 0.1) is 11.3 Å². The molecule has 176 valence electrons. The third-order valence-electron chi connectivity index (χ3n) is 10.3. The molecule has 4 aliphatic heterocycles. The number of carbonyl (C=O) groups is 1. The van der Waals surface area contributed by atoms with Crippen molar-refractivity contribution in [2.24, 2.45) is 11.3 Å². The molecule has 2 spiro atoms. The van der Waals surface area contributed by atoms with E-state index in [-0.39, 0.29) is 35.3 Å². The summed E-state index contributed by atoms with van der Waals surface area (Å²) in [6.07, 6.45) is 12.3. The molecule has 2 saturated carbocycles. The van der Waals surface area contributed by atoms with E-state index in [1.54, 1.807) is 18.5 Å². The number of amides is 1. The number of carbonyl (C=O) groups excluding carboxylic acids is 1. The molecule has 6 heteroatoms. The van der Waals surface area contributed by atoms with Gasteiger partial charge in [-0.2, -0.15) is 0 Å². The number of rotatable bonds is 4. The summed E-state index contributed by atoms with van der Waals surface area (Å²) in [5, 5.41) is 0. The van der Waals surface area contributed by atoms with Gasteiger partial charge in [0.1, 0.15) is 17.7 Å². The van der Waals surface area contributed by atoms with Gasteiger partial charge in [0.2, 0.25) is 5.91 Å². The Morgan fingerprint density at radius 1 is 1.06 bits per heavy atom. The minimum atomic E-state index is 0.0586. The molecule has 34 heavy (non-hydrogen) atoms. The van der Waals surface area contributed by atoms with Crippen molar-refractivity contribution in [2.45, 2.75) is 75.0 Å². The Hall–Kier alpha value is -2.47. The van der Waals surface area contributed by atoms with E-state index in [9.17, 15) is 4.79 Å². The first-order valence-corrected chi connectivity index (χ1v) is 13.3. The average Bonchev–Trinajstić information content (AvgIpc) is 3.64. The molecule has 1 aromatic heterocycles. The molecule has 3 aliphatic carbocycles. The summed E-state index contributed by atoms with van der Waals surface area (Å²) in [7, 11) is 0. The van der Waals surface area contributed by atoms with Gasteiger partial charge in [-0.25, -0.2) is 9.97 Å². The molecule has 0 unspecified atom stereocenters. The van der Waals surface area contributed by atoms with E-state index < -0.39 is 0 Å². The quantitative estimate of drug-likeness (QED) is 0.708. The Morgan fingerprint density at radius 2 is 1.94 bits per heavy atom. The highest BCUT2D eigenvalue weighted by molar-refractivity contribution is 5.79. The Bertz CT molecular complexity index is 1170. The first kappa shape index (κ1) is 19.8. The number of hydrogen-bond acceptors (Lipinski definition) is 5. The fourth-order valence-corrected chi connectivity index (χ4v) is 8.93. The summed E-state index contributed by atoms with van der Waals surface area (Å²) >= 11 is 0. The zero-order chi connectivity index (χ0) is 22.5. The van der Waals surface area contributed by atoms with Crippen LogP contribution in [0.2, 0.25) is 0 Å². The molecule has 0 N–H and O–H groups in total. The van der Waals surface area contributed by atoms with Crippen LogP contribution >= 0.6 is 0 Å². The van der Waals surface area contributed by atoms with E-state index in [1.165, 1.54) is 49.9 Å². The predicted octanol–water partition coefficient (Wildman–Crippen LogP) is 3.14. The minimum Gasteiger partial charge on any atom is -0.487 e. The zero-order valence-corrected chi connectivity index (χ0v) is 19.7. The van der Waals surface area contributed by atoms with Crippen molar-refractivity contribution >= 4 is 5.91 Å². The fraction of sp³-hybridized carbons (Fsp3) is 0.607. The molecule has 4 bridgehead atoms. The molecule has 9 rings (SSSR count). The lowest BCUT2D eigenvalue weighted by Gasteiger charge is -2.66. The summed E-state index contributed by atoms with van der Waals surface area (Å²) in [4.78, 5) is 27.4. The maximum Gasteiger partial charge on any atom is 0.230 e. The summed E-state index contributed by atoms with van der Waals surface area (Å²) in [5.41, 5.74) is 3.30. The van der Waals surface area contributed by atoms with Crippen LogP contribution in [0.15, 0.2) is 36.7 Å². The van der Waals surface area contributed by atoms with Gasteiger partial charge < -0.3 is 9.64 Å². The van der Waals surface area contributed by atoms with Crippen LogP contribution in [0.3, 0.4) is 0 Å². The van der Waals surface area contributed by atoms with Gasteiger partial charge in [0.05, 0.1) is 12.5 Å². The highest BCUT2D eigenvalue weighted by atomic mass is 16.5. The number of piperidine rings is 1. The third kappa shape index (κ3) is 2.43. The van der Waals surface area contributed by atoms with Crippen LogP contribution in [-0.4, -0.2) is 63.5 Å². The molecular formula is C28H32N4O2. The van der Waals surface area contributed by atoms with Crippen LogP contribution in [0.25, 0.3) is 0 Å². The number of likely N-dealkylation sites (tertiary alicyclic amines) is 1. The predicted molar refractivity (Wildman–Crippen MR) is 126 cm³/mol. The number of fused-ring (bicyclic) bond motifs is 3. The Morgan fingerprint density at radius 3 is 2.79 bits per heavy atom. The second-order valence-electron chi connectivity index (χ2n) is 11.6. The standard InChI is InChI=1S/C28H32N4O2/c33-24(16-23-29-11-2-12-30-23)32-14-9-27-8-7-20(32)26-28(27)10-13-31(17-18-5-6-18)22(27)15-19-3-1-4-21(34-26)25(19)28/h1-4,11-12,18,20,22,26H,5-10,13-17H2/t20-,22-,26+,27-,28+/m1/s1. The Labute approximate surface area is 200 Å². The maximum atomic E-state index is 13.7. The van der Waals surface area contributed by atoms with Crippen LogP contribution in [-0.2, 0) is 23.1 Å². The minimum absolute atomic E-state index is 0.0586. The smallest absolute Gasteiger partial charge is 0.230 e. The van der Waals surface area contributed by atoms with Crippen LogP contribution in [0.1, 0.15) is 55.5 Å².